The molecule has 1 saturated heterocycles. The van der Waals surface area contributed by atoms with Crippen LogP contribution in [0.1, 0.15) is 16.8 Å². The van der Waals surface area contributed by atoms with Crippen LogP contribution in [0.25, 0.3) is 0 Å². The van der Waals surface area contributed by atoms with Gasteiger partial charge in [0, 0.05) is 18.8 Å². The van der Waals surface area contributed by atoms with E-state index < -0.39 is 21.8 Å². The molecule has 0 spiro atoms. The van der Waals surface area contributed by atoms with E-state index in [4.69, 9.17) is 16.7 Å². The predicted octanol–water partition coefficient (Wildman–Crippen LogP) is 0.357. The second kappa shape index (κ2) is 6.07. The molecule has 1 fully saturated rings. The summed E-state index contributed by atoms with van der Waals surface area (Å²) < 4.78 is 23.1. The maximum absolute atomic E-state index is 12.4. The number of hydrogen-bond donors (Lipinski definition) is 1. The molecule has 1 unspecified atom stereocenters. The highest BCUT2D eigenvalue weighted by Gasteiger charge is 2.35. The second-order valence-corrected chi connectivity index (χ2v) is 7.21. The largest absolute Gasteiger partial charge is 0.395 e. The third-order valence-corrected chi connectivity index (χ3v) is 5.29. The van der Waals surface area contributed by atoms with Crippen molar-refractivity contribution in [2.75, 3.05) is 24.7 Å². The summed E-state index contributed by atoms with van der Waals surface area (Å²) in [4.78, 5) is 17.7. The molecule has 0 radical (unpaired) electrons. The summed E-state index contributed by atoms with van der Waals surface area (Å²) in [5.74, 6) is -0.413. The molecule has 0 aromatic carbocycles. The molecule has 6 nitrogen and oxygen atoms in total. The van der Waals surface area contributed by atoms with Gasteiger partial charge in [-0.15, -0.1) is 0 Å². The molecular weight excluding hydrogens is 304 g/mol. The fourth-order valence-electron chi connectivity index (χ4n) is 2.28. The zero-order chi connectivity index (χ0) is 14.8. The number of nitrogens with zero attached hydrogens (tertiary/aromatic N) is 2. The normalized spacial score (nSPS) is 20.8. The molecule has 0 bridgehead atoms. The first-order valence-electron chi connectivity index (χ1n) is 6.17. The lowest BCUT2D eigenvalue weighted by atomic mass is 10.1. The number of amides is 1. The molecule has 2 rings (SSSR count). The van der Waals surface area contributed by atoms with Gasteiger partial charge >= 0.3 is 0 Å². The highest BCUT2D eigenvalue weighted by molar-refractivity contribution is 7.91. The molecular formula is C12H15ClN2O4S. The van der Waals surface area contributed by atoms with Crippen LogP contribution in [-0.4, -0.2) is 60.0 Å². The molecule has 1 atom stereocenters. The monoisotopic (exact) mass is 318 g/mol. The zero-order valence-electron chi connectivity index (χ0n) is 10.7. The summed E-state index contributed by atoms with van der Waals surface area (Å²) in [5.41, 5.74) is 0.215. The number of pyridine rings is 1. The van der Waals surface area contributed by atoms with E-state index in [9.17, 15) is 13.2 Å². The highest BCUT2D eigenvalue weighted by atomic mass is 35.5. The van der Waals surface area contributed by atoms with Gasteiger partial charge in [0.15, 0.2) is 9.84 Å². The SMILES string of the molecule is O=C(c1cccnc1Cl)N(CCO)C1CCS(=O)(=O)C1. The van der Waals surface area contributed by atoms with Crippen molar-refractivity contribution in [3.8, 4) is 0 Å². The van der Waals surface area contributed by atoms with Crippen LogP contribution in [0.15, 0.2) is 18.3 Å². The Kier molecular flexibility index (Phi) is 4.62. The van der Waals surface area contributed by atoms with E-state index in [0.29, 0.717) is 6.42 Å². The van der Waals surface area contributed by atoms with Crippen molar-refractivity contribution in [1.82, 2.24) is 9.88 Å². The molecule has 1 aromatic rings. The van der Waals surface area contributed by atoms with E-state index in [1.165, 1.54) is 17.2 Å². The van der Waals surface area contributed by atoms with Crippen LogP contribution in [0, 0.1) is 0 Å². The third-order valence-electron chi connectivity index (χ3n) is 3.24. The Morgan fingerprint density at radius 2 is 2.30 bits per heavy atom. The lowest BCUT2D eigenvalue weighted by Gasteiger charge is -2.27. The molecule has 1 aliphatic rings. The first-order valence-corrected chi connectivity index (χ1v) is 8.37. The van der Waals surface area contributed by atoms with Crippen molar-refractivity contribution in [2.24, 2.45) is 0 Å². The van der Waals surface area contributed by atoms with Crippen molar-refractivity contribution in [1.29, 1.82) is 0 Å². The summed E-state index contributed by atoms with van der Waals surface area (Å²) in [7, 11) is -3.11. The quantitative estimate of drug-likeness (QED) is 0.810. The van der Waals surface area contributed by atoms with Crippen molar-refractivity contribution in [3.05, 3.63) is 29.0 Å². The maximum Gasteiger partial charge on any atom is 0.257 e. The molecule has 0 saturated carbocycles. The number of sulfone groups is 1. The van der Waals surface area contributed by atoms with E-state index in [-0.39, 0.29) is 35.4 Å². The molecule has 1 aliphatic heterocycles. The first kappa shape index (κ1) is 15.2. The third kappa shape index (κ3) is 3.28. The minimum absolute atomic E-state index is 0.0631. The molecule has 1 N–H and O–H groups in total. The van der Waals surface area contributed by atoms with Crippen molar-refractivity contribution >= 4 is 27.3 Å². The van der Waals surface area contributed by atoms with Gasteiger partial charge in [-0.25, -0.2) is 13.4 Å². The van der Waals surface area contributed by atoms with Crippen LogP contribution in [0.4, 0.5) is 0 Å². The Bertz CT molecular complexity index is 605. The van der Waals surface area contributed by atoms with Crippen LogP contribution >= 0.6 is 11.6 Å². The fourth-order valence-corrected chi connectivity index (χ4v) is 4.21. The summed E-state index contributed by atoms with van der Waals surface area (Å²) in [5, 5.41) is 9.17. The number of carbonyl (C=O) groups excluding carboxylic acids is 1. The number of aliphatic hydroxyl groups is 1. The van der Waals surface area contributed by atoms with E-state index >= 15 is 0 Å². The predicted molar refractivity (Wildman–Crippen MR) is 74.4 cm³/mol. The van der Waals surface area contributed by atoms with E-state index in [1.54, 1.807) is 6.07 Å². The number of halogens is 1. The van der Waals surface area contributed by atoms with Gasteiger partial charge in [0.1, 0.15) is 5.15 Å². The minimum atomic E-state index is -3.11. The Morgan fingerprint density at radius 3 is 2.85 bits per heavy atom. The highest BCUT2D eigenvalue weighted by Crippen LogP contribution is 2.22. The molecule has 0 aliphatic carbocycles. The Hall–Kier alpha value is -1.18. The van der Waals surface area contributed by atoms with E-state index in [0.717, 1.165) is 0 Å². The van der Waals surface area contributed by atoms with Gasteiger partial charge in [0.05, 0.1) is 23.7 Å². The summed E-state index contributed by atoms with van der Waals surface area (Å²) >= 11 is 5.89. The molecule has 110 valence electrons. The van der Waals surface area contributed by atoms with E-state index in [1.807, 2.05) is 0 Å². The molecule has 8 heteroatoms. The van der Waals surface area contributed by atoms with Crippen LogP contribution < -0.4 is 0 Å². The number of hydrogen-bond acceptors (Lipinski definition) is 5. The van der Waals surface area contributed by atoms with Gasteiger partial charge in [-0.2, -0.15) is 0 Å². The summed E-state index contributed by atoms with van der Waals surface area (Å²) in [6.45, 7) is -0.162. The summed E-state index contributed by atoms with van der Waals surface area (Å²) in [6, 6.07) is 2.70. The average Bonchev–Trinajstić information content (AvgIpc) is 2.76. The lowest BCUT2D eigenvalue weighted by molar-refractivity contribution is 0.0655. The van der Waals surface area contributed by atoms with Crippen LogP contribution in [0.3, 0.4) is 0 Å². The van der Waals surface area contributed by atoms with Crippen molar-refractivity contribution in [3.63, 3.8) is 0 Å². The van der Waals surface area contributed by atoms with Crippen molar-refractivity contribution < 1.29 is 18.3 Å². The number of rotatable bonds is 4. The minimum Gasteiger partial charge on any atom is -0.395 e. The van der Waals surface area contributed by atoms with Crippen molar-refractivity contribution in [2.45, 2.75) is 12.5 Å². The molecule has 20 heavy (non-hydrogen) atoms. The van der Waals surface area contributed by atoms with Gasteiger partial charge in [0.2, 0.25) is 0 Å². The average molecular weight is 319 g/mol. The fraction of sp³-hybridized carbons (Fsp3) is 0.500. The standard InChI is InChI=1S/C12H15ClN2O4S/c13-11-10(2-1-4-14-11)12(17)15(5-6-16)9-3-7-20(18,19)8-9/h1-2,4,9,16H,3,5-8H2. The first-order chi connectivity index (χ1) is 9.44. The number of carbonyl (C=O) groups is 1. The van der Waals surface area contributed by atoms with Gasteiger partial charge < -0.3 is 10.0 Å². The maximum atomic E-state index is 12.4. The molecule has 1 amide bonds. The molecule has 2 heterocycles. The topological polar surface area (TPSA) is 87.6 Å². The smallest absolute Gasteiger partial charge is 0.257 e. The van der Waals surface area contributed by atoms with Crippen LogP contribution in [0.5, 0.6) is 0 Å². The van der Waals surface area contributed by atoms with Crippen LogP contribution in [0.2, 0.25) is 5.15 Å². The van der Waals surface area contributed by atoms with Gasteiger partial charge in [-0.05, 0) is 18.6 Å². The van der Waals surface area contributed by atoms with Crippen LogP contribution in [-0.2, 0) is 9.84 Å². The number of aromatic nitrogens is 1. The zero-order valence-corrected chi connectivity index (χ0v) is 12.3. The Labute approximate surface area is 122 Å². The second-order valence-electron chi connectivity index (χ2n) is 4.62. The lowest BCUT2D eigenvalue weighted by Crippen LogP contribution is -2.43. The Balaban J connectivity index is 2.25. The molecule has 1 aromatic heterocycles. The van der Waals surface area contributed by atoms with Gasteiger partial charge in [-0.1, -0.05) is 11.6 Å². The van der Waals surface area contributed by atoms with Gasteiger partial charge in [-0.3, -0.25) is 4.79 Å². The number of aliphatic hydroxyl groups excluding tert-OH is 1. The van der Waals surface area contributed by atoms with E-state index in [2.05, 4.69) is 4.98 Å². The Morgan fingerprint density at radius 1 is 1.55 bits per heavy atom. The summed E-state index contributed by atoms with van der Waals surface area (Å²) in [6.07, 6.45) is 1.85. The van der Waals surface area contributed by atoms with Gasteiger partial charge in [0.25, 0.3) is 5.91 Å².